The second-order valence-corrected chi connectivity index (χ2v) is 6.58. The number of aryl methyl sites for hydroxylation is 1. The van der Waals surface area contributed by atoms with Gasteiger partial charge >= 0.3 is 5.97 Å². The molecule has 16 heavy (non-hydrogen) atoms. The minimum atomic E-state index is -0.747. The van der Waals surface area contributed by atoms with Crippen LogP contribution in [0, 0.1) is 13.9 Å². The van der Waals surface area contributed by atoms with Gasteiger partial charge in [-0.1, -0.05) is 18.3 Å². The van der Waals surface area contributed by atoms with E-state index >= 15 is 0 Å². The quantitative estimate of drug-likeness (QED) is 0.785. The Balaban J connectivity index is 2.40. The molecule has 0 fully saturated rings. The maximum atomic E-state index is 13.3. The zero-order valence-corrected chi connectivity index (χ0v) is 12.0. The fourth-order valence-electron chi connectivity index (χ4n) is 1.59. The molecule has 0 aliphatic rings. The van der Waals surface area contributed by atoms with E-state index in [-0.39, 0.29) is 11.0 Å². The van der Waals surface area contributed by atoms with Crippen LogP contribution >= 0.6 is 33.9 Å². The molecule has 1 rings (SSSR count). The second-order valence-electron chi connectivity index (χ2n) is 3.69. The lowest BCUT2D eigenvalue weighted by molar-refractivity contribution is -0.142. The first-order valence-corrected chi connectivity index (χ1v) is 7.10. The minimum absolute atomic E-state index is 0.132. The number of rotatable bonds is 6. The SMILES string of the molecule is CCC(CCCc1cc(I)sc1F)C(=O)O. The van der Waals surface area contributed by atoms with Gasteiger partial charge in [-0.15, -0.1) is 0 Å². The molecular formula is C11H14FIO2S. The van der Waals surface area contributed by atoms with E-state index in [9.17, 15) is 9.18 Å². The van der Waals surface area contributed by atoms with Crippen LogP contribution in [-0.4, -0.2) is 11.1 Å². The molecule has 1 aromatic rings. The number of carboxylic acids is 1. The van der Waals surface area contributed by atoms with E-state index in [1.165, 1.54) is 0 Å². The summed E-state index contributed by atoms with van der Waals surface area (Å²) >= 11 is 3.24. The van der Waals surface area contributed by atoms with Gasteiger partial charge in [0.05, 0.1) is 8.80 Å². The lowest BCUT2D eigenvalue weighted by atomic mass is 9.98. The molecule has 1 aromatic heterocycles. The highest BCUT2D eigenvalue weighted by Crippen LogP contribution is 2.24. The van der Waals surface area contributed by atoms with E-state index in [0.717, 1.165) is 26.2 Å². The Kier molecular flexibility index (Phi) is 5.68. The van der Waals surface area contributed by atoms with Crippen LogP contribution in [0.4, 0.5) is 4.39 Å². The van der Waals surface area contributed by atoms with Crippen molar-refractivity contribution in [2.24, 2.45) is 5.92 Å². The highest BCUT2D eigenvalue weighted by atomic mass is 127. The number of carboxylic acid groups (broad SMARTS) is 1. The zero-order valence-electron chi connectivity index (χ0n) is 9.00. The Morgan fingerprint density at radius 3 is 2.81 bits per heavy atom. The van der Waals surface area contributed by atoms with Crippen LogP contribution in [0.25, 0.3) is 0 Å². The first-order chi connectivity index (χ1) is 7.54. The van der Waals surface area contributed by atoms with Crippen molar-refractivity contribution in [3.63, 3.8) is 0 Å². The highest BCUT2D eigenvalue weighted by molar-refractivity contribution is 14.1. The summed E-state index contributed by atoms with van der Waals surface area (Å²) in [4.78, 5) is 10.8. The van der Waals surface area contributed by atoms with Gasteiger partial charge in [-0.05, 0) is 54.3 Å². The van der Waals surface area contributed by atoms with Crippen LogP contribution in [0.15, 0.2) is 6.07 Å². The summed E-state index contributed by atoms with van der Waals surface area (Å²) < 4.78 is 14.2. The van der Waals surface area contributed by atoms with Crippen molar-refractivity contribution in [2.75, 3.05) is 0 Å². The van der Waals surface area contributed by atoms with E-state index in [4.69, 9.17) is 5.11 Å². The third-order valence-electron chi connectivity index (χ3n) is 2.57. The van der Waals surface area contributed by atoms with Crippen molar-refractivity contribution < 1.29 is 14.3 Å². The minimum Gasteiger partial charge on any atom is -0.481 e. The third-order valence-corrected chi connectivity index (χ3v) is 4.29. The van der Waals surface area contributed by atoms with Gasteiger partial charge in [0.15, 0.2) is 5.13 Å². The van der Waals surface area contributed by atoms with Crippen LogP contribution in [0.3, 0.4) is 0 Å². The Labute approximate surface area is 112 Å². The molecule has 5 heteroatoms. The summed E-state index contributed by atoms with van der Waals surface area (Å²) in [7, 11) is 0. The van der Waals surface area contributed by atoms with Gasteiger partial charge in [-0.2, -0.15) is 4.39 Å². The largest absolute Gasteiger partial charge is 0.481 e. The average Bonchev–Trinajstić information content (AvgIpc) is 2.52. The molecule has 0 amide bonds. The zero-order chi connectivity index (χ0) is 12.1. The smallest absolute Gasteiger partial charge is 0.306 e. The van der Waals surface area contributed by atoms with Crippen molar-refractivity contribution in [1.82, 2.24) is 0 Å². The first kappa shape index (κ1) is 13.9. The lowest BCUT2D eigenvalue weighted by Gasteiger charge is -2.08. The maximum absolute atomic E-state index is 13.3. The van der Waals surface area contributed by atoms with Crippen molar-refractivity contribution in [3.8, 4) is 0 Å². The van der Waals surface area contributed by atoms with Crippen molar-refractivity contribution in [2.45, 2.75) is 32.6 Å². The summed E-state index contributed by atoms with van der Waals surface area (Å²) in [6.07, 6.45) is 2.63. The molecule has 0 aliphatic heterocycles. The third kappa shape index (κ3) is 4.01. The van der Waals surface area contributed by atoms with E-state index in [2.05, 4.69) is 22.6 Å². The van der Waals surface area contributed by atoms with Crippen molar-refractivity contribution in [3.05, 3.63) is 19.6 Å². The molecular weight excluding hydrogens is 342 g/mol. The number of halogens is 2. The predicted molar refractivity (Wildman–Crippen MR) is 71.3 cm³/mol. The van der Waals surface area contributed by atoms with Gasteiger partial charge in [0, 0.05) is 5.56 Å². The molecule has 2 nitrogen and oxygen atoms in total. The Morgan fingerprint density at radius 2 is 2.38 bits per heavy atom. The van der Waals surface area contributed by atoms with Crippen molar-refractivity contribution in [1.29, 1.82) is 0 Å². The van der Waals surface area contributed by atoms with Gasteiger partial charge in [-0.3, -0.25) is 4.79 Å². The molecule has 0 saturated carbocycles. The average molecular weight is 356 g/mol. The van der Waals surface area contributed by atoms with E-state index in [1.54, 1.807) is 0 Å². The number of carbonyl (C=O) groups is 1. The molecule has 90 valence electrons. The number of aliphatic carboxylic acids is 1. The van der Waals surface area contributed by atoms with Gasteiger partial charge in [0.2, 0.25) is 0 Å². The van der Waals surface area contributed by atoms with Gasteiger partial charge in [0.25, 0.3) is 0 Å². The van der Waals surface area contributed by atoms with Crippen LogP contribution in [0.2, 0.25) is 0 Å². The van der Waals surface area contributed by atoms with E-state index in [0.29, 0.717) is 19.3 Å². The normalized spacial score (nSPS) is 12.7. The fourth-order valence-corrected chi connectivity index (χ4v) is 3.21. The van der Waals surface area contributed by atoms with E-state index in [1.807, 2.05) is 13.0 Å². The molecule has 1 heterocycles. The van der Waals surface area contributed by atoms with Gasteiger partial charge in [0.1, 0.15) is 0 Å². The second kappa shape index (κ2) is 6.54. The molecule has 1 unspecified atom stereocenters. The topological polar surface area (TPSA) is 37.3 Å². The van der Waals surface area contributed by atoms with Crippen LogP contribution in [0.5, 0.6) is 0 Å². The van der Waals surface area contributed by atoms with Gasteiger partial charge in [-0.25, -0.2) is 0 Å². The fraction of sp³-hybridized carbons (Fsp3) is 0.545. The molecule has 1 N–H and O–H groups in total. The monoisotopic (exact) mass is 356 g/mol. The Bertz CT molecular complexity index is 365. The maximum Gasteiger partial charge on any atom is 0.306 e. The summed E-state index contributed by atoms with van der Waals surface area (Å²) in [6.45, 7) is 1.87. The molecule has 0 aromatic carbocycles. The molecule has 0 saturated heterocycles. The lowest BCUT2D eigenvalue weighted by Crippen LogP contribution is -2.12. The van der Waals surface area contributed by atoms with Crippen molar-refractivity contribution >= 4 is 39.9 Å². The summed E-state index contributed by atoms with van der Waals surface area (Å²) in [5.74, 6) is -1.04. The molecule has 0 radical (unpaired) electrons. The molecule has 0 spiro atoms. The summed E-state index contributed by atoms with van der Waals surface area (Å²) in [5, 5.41) is 8.72. The molecule has 0 aliphatic carbocycles. The Morgan fingerprint density at radius 1 is 1.69 bits per heavy atom. The number of hydrogen-bond acceptors (Lipinski definition) is 2. The Hall–Kier alpha value is -0.170. The van der Waals surface area contributed by atoms with Crippen LogP contribution in [-0.2, 0) is 11.2 Å². The highest BCUT2D eigenvalue weighted by Gasteiger charge is 2.15. The summed E-state index contributed by atoms with van der Waals surface area (Å²) in [6, 6.07) is 1.84. The molecule has 1 atom stereocenters. The van der Waals surface area contributed by atoms with Crippen LogP contribution in [0.1, 0.15) is 31.7 Å². The van der Waals surface area contributed by atoms with E-state index < -0.39 is 5.97 Å². The van der Waals surface area contributed by atoms with Gasteiger partial charge < -0.3 is 5.11 Å². The number of thiophene rings is 1. The van der Waals surface area contributed by atoms with Crippen LogP contribution < -0.4 is 0 Å². The predicted octanol–water partition coefficient (Wildman–Crippen LogP) is 3.93. The standard InChI is InChI=1S/C11H14FIO2S/c1-2-7(11(14)15)4-3-5-8-6-9(13)16-10(8)12/h6-7H,2-5H2,1H3,(H,14,15). The summed E-state index contributed by atoms with van der Waals surface area (Å²) in [5.41, 5.74) is 0.717. The first-order valence-electron chi connectivity index (χ1n) is 5.21. The molecule has 0 bridgehead atoms. The number of hydrogen-bond donors (Lipinski definition) is 1.